The summed E-state index contributed by atoms with van der Waals surface area (Å²) >= 11 is 6.69. The average Bonchev–Trinajstić information content (AvgIpc) is 3.35. The lowest BCUT2D eigenvalue weighted by Gasteiger charge is -2.49. The van der Waals surface area contributed by atoms with E-state index in [4.69, 9.17) is 26.3 Å². The van der Waals surface area contributed by atoms with Crippen molar-refractivity contribution in [3.63, 3.8) is 0 Å². The Bertz CT molecular complexity index is 1420. The van der Waals surface area contributed by atoms with E-state index in [2.05, 4.69) is 51.3 Å². The monoisotopic (exact) mass is 546 g/mol. The number of piperidine rings is 1. The number of amides is 1. The number of anilines is 2. The van der Waals surface area contributed by atoms with Crippen LogP contribution in [0.3, 0.4) is 0 Å². The minimum absolute atomic E-state index is 0.124. The number of β-lactam (4-membered cyclic amide) rings is 1. The van der Waals surface area contributed by atoms with Crippen LogP contribution < -0.4 is 19.9 Å². The van der Waals surface area contributed by atoms with Crippen molar-refractivity contribution >= 4 is 39.8 Å². The minimum Gasteiger partial charge on any atom is -0.462 e. The van der Waals surface area contributed by atoms with E-state index in [1.54, 1.807) is 0 Å². The van der Waals surface area contributed by atoms with Gasteiger partial charge in [-0.3, -0.25) is 4.79 Å². The molecule has 1 aromatic heterocycles. The van der Waals surface area contributed by atoms with Gasteiger partial charge >= 0.3 is 6.01 Å². The highest BCUT2D eigenvalue weighted by Gasteiger charge is 2.46. The molecule has 0 aliphatic carbocycles. The zero-order valence-corrected chi connectivity index (χ0v) is 23.2. The molecule has 1 amide bonds. The number of benzene rings is 2. The first-order valence-electron chi connectivity index (χ1n) is 14.2. The Labute approximate surface area is 234 Å². The highest BCUT2D eigenvalue weighted by Crippen LogP contribution is 2.39. The Balaban J connectivity index is 1.23. The van der Waals surface area contributed by atoms with Gasteiger partial charge in [-0.15, -0.1) is 0 Å². The second-order valence-corrected chi connectivity index (χ2v) is 12.1. The van der Waals surface area contributed by atoms with Crippen LogP contribution in [0, 0.1) is 0 Å². The molecular weight excluding hydrogens is 512 g/mol. The largest absolute Gasteiger partial charge is 0.462 e. The van der Waals surface area contributed by atoms with Crippen molar-refractivity contribution in [2.75, 3.05) is 49.6 Å². The van der Waals surface area contributed by atoms with Crippen molar-refractivity contribution in [1.82, 2.24) is 20.2 Å². The molecular formula is C30H35ClN6O2. The van der Waals surface area contributed by atoms with Crippen LogP contribution in [0.2, 0.25) is 5.02 Å². The fourth-order valence-electron chi connectivity index (χ4n) is 6.96. The van der Waals surface area contributed by atoms with Gasteiger partial charge in [-0.05, 0) is 63.2 Å². The van der Waals surface area contributed by atoms with Gasteiger partial charge in [-0.2, -0.15) is 9.97 Å². The maximum atomic E-state index is 11.8. The average molecular weight is 547 g/mol. The van der Waals surface area contributed by atoms with Crippen LogP contribution in [0.15, 0.2) is 36.4 Å². The van der Waals surface area contributed by atoms with Gasteiger partial charge in [0.1, 0.15) is 12.4 Å². The van der Waals surface area contributed by atoms with Gasteiger partial charge in [0, 0.05) is 42.3 Å². The van der Waals surface area contributed by atoms with Gasteiger partial charge in [-0.25, -0.2) is 0 Å². The molecule has 39 heavy (non-hydrogen) atoms. The van der Waals surface area contributed by atoms with Crippen LogP contribution in [0.1, 0.15) is 43.4 Å². The number of rotatable bonds is 5. The van der Waals surface area contributed by atoms with Crippen LogP contribution in [0.4, 0.5) is 11.5 Å². The van der Waals surface area contributed by atoms with Crippen molar-refractivity contribution in [2.45, 2.75) is 56.7 Å². The zero-order valence-electron chi connectivity index (χ0n) is 22.5. The summed E-state index contributed by atoms with van der Waals surface area (Å²) < 4.78 is 6.30. The first-order chi connectivity index (χ1) is 19.0. The number of likely N-dealkylation sites (tertiary alicyclic amines) is 1. The van der Waals surface area contributed by atoms with Gasteiger partial charge in [-0.1, -0.05) is 35.9 Å². The predicted octanol–water partition coefficient (Wildman–Crippen LogP) is 4.18. The molecule has 1 unspecified atom stereocenters. The van der Waals surface area contributed by atoms with E-state index in [0.29, 0.717) is 31.6 Å². The summed E-state index contributed by atoms with van der Waals surface area (Å²) in [7, 11) is 2.16. The number of hydrogen-bond donors (Lipinski definition) is 1. The fraction of sp³-hybridized carbons (Fsp3) is 0.500. The highest BCUT2D eigenvalue weighted by molar-refractivity contribution is 6.36. The molecule has 3 fully saturated rings. The molecule has 4 aliphatic rings. The molecule has 4 aliphatic heterocycles. The molecule has 0 bridgehead atoms. The number of hydrogen-bond acceptors (Lipinski definition) is 7. The number of nitrogens with one attached hydrogen (secondary N) is 1. The van der Waals surface area contributed by atoms with Gasteiger partial charge in [0.05, 0.1) is 29.2 Å². The van der Waals surface area contributed by atoms with Crippen LogP contribution in [-0.4, -0.2) is 72.2 Å². The Hall–Kier alpha value is -3.10. The van der Waals surface area contributed by atoms with Crippen molar-refractivity contribution in [2.24, 2.45) is 0 Å². The number of nitrogens with zero attached hydrogens (tertiary/aromatic N) is 5. The first-order valence-corrected chi connectivity index (χ1v) is 14.6. The third-order valence-electron chi connectivity index (χ3n) is 9.05. The van der Waals surface area contributed by atoms with Crippen molar-refractivity contribution in [3.8, 4) is 6.01 Å². The van der Waals surface area contributed by atoms with Gasteiger partial charge in [0.15, 0.2) is 0 Å². The summed E-state index contributed by atoms with van der Waals surface area (Å²) in [6.07, 6.45) is 5.83. The fourth-order valence-corrected chi connectivity index (χ4v) is 7.24. The van der Waals surface area contributed by atoms with Gasteiger partial charge in [0.25, 0.3) is 0 Å². The summed E-state index contributed by atoms with van der Waals surface area (Å²) in [6.45, 7) is 4.94. The van der Waals surface area contributed by atoms with Crippen molar-refractivity contribution in [1.29, 1.82) is 0 Å². The van der Waals surface area contributed by atoms with Gasteiger partial charge < -0.3 is 24.8 Å². The molecule has 2 aromatic carbocycles. The molecule has 8 nitrogen and oxygen atoms in total. The third-order valence-corrected chi connectivity index (χ3v) is 9.37. The number of halogens is 1. The molecule has 3 saturated heterocycles. The number of aromatic nitrogens is 2. The first kappa shape index (κ1) is 24.9. The summed E-state index contributed by atoms with van der Waals surface area (Å²) in [6, 6.07) is 13.3. The van der Waals surface area contributed by atoms with E-state index in [1.165, 1.54) is 12.0 Å². The molecule has 3 aromatic rings. The van der Waals surface area contributed by atoms with Crippen molar-refractivity contribution in [3.05, 3.63) is 52.7 Å². The lowest BCUT2D eigenvalue weighted by molar-refractivity contribution is -0.133. The van der Waals surface area contributed by atoms with Crippen LogP contribution in [0.5, 0.6) is 6.01 Å². The van der Waals surface area contributed by atoms with Gasteiger partial charge in [0.2, 0.25) is 5.91 Å². The number of carbonyl (C=O) groups is 1. The van der Waals surface area contributed by atoms with Crippen LogP contribution in [0.25, 0.3) is 10.8 Å². The maximum absolute atomic E-state index is 11.8. The molecule has 204 valence electrons. The maximum Gasteiger partial charge on any atom is 0.318 e. The summed E-state index contributed by atoms with van der Waals surface area (Å²) in [4.78, 5) is 29.0. The number of likely N-dealkylation sites (N-methyl/N-ethyl adjacent to an activating group) is 1. The summed E-state index contributed by atoms with van der Waals surface area (Å²) in [5.41, 5.74) is 3.22. The minimum atomic E-state index is -0.124. The second kappa shape index (κ2) is 9.82. The quantitative estimate of drug-likeness (QED) is 0.481. The Morgan fingerprint density at radius 1 is 1.10 bits per heavy atom. The second-order valence-electron chi connectivity index (χ2n) is 11.7. The molecule has 2 atom stereocenters. The predicted molar refractivity (Wildman–Crippen MR) is 154 cm³/mol. The lowest BCUT2D eigenvalue weighted by atomic mass is 9.79. The molecule has 1 N–H and O–H groups in total. The normalized spacial score (nSPS) is 25.1. The van der Waals surface area contributed by atoms with Crippen LogP contribution >= 0.6 is 11.6 Å². The molecule has 5 heterocycles. The van der Waals surface area contributed by atoms with E-state index >= 15 is 0 Å². The van der Waals surface area contributed by atoms with E-state index in [0.717, 1.165) is 84.9 Å². The number of ether oxygens (including phenoxy) is 1. The van der Waals surface area contributed by atoms with E-state index in [-0.39, 0.29) is 11.4 Å². The van der Waals surface area contributed by atoms with E-state index in [1.807, 2.05) is 12.1 Å². The molecule has 0 saturated carbocycles. The summed E-state index contributed by atoms with van der Waals surface area (Å²) in [5, 5.41) is 6.18. The Morgan fingerprint density at radius 3 is 2.74 bits per heavy atom. The Morgan fingerprint density at radius 2 is 1.95 bits per heavy atom. The zero-order chi connectivity index (χ0) is 26.6. The molecule has 1 spiro atoms. The number of fused-ring (bicyclic) bond motifs is 2. The smallest absolute Gasteiger partial charge is 0.318 e. The molecule has 9 heteroatoms. The molecule has 0 radical (unpaired) electrons. The van der Waals surface area contributed by atoms with Crippen molar-refractivity contribution < 1.29 is 9.53 Å². The highest BCUT2D eigenvalue weighted by atomic mass is 35.5. The van der Waals surface area contributed by atoms with Crippen LogP contribution in [-0.2, 0) is 17.8 Å². The standard InChI is InChI=1S/C30H35ClN6O2/c1-35-13-4-8-21(35)18-39-29-32-24-17-36(25-10-3-7-20-6-2-9-23(31)27(20)25)15-11-22(24)28(33-29)37-14-5-12-30(19-37)16-26(38)34-30/h2-3,6-7,9-10,21H,4-5,8,11-19H2,1H3,(H,34,38)/t21-,30?/m0/s1. The van der Waals surface area contributed by atoms with E-state index < -0.39 is 0 Å². The summed E-state index contributed by atoms with van der Waals surface area (Å²) in [5.74, 6) is 1.13. The Kier molecular flexibility index (Phi) is 6.27. The number of carbonyl (C=O) groups excluding carboxylic acids is 1. The lowest BCUT2D eigenvalue weighted by Crippen LogP contribution is -2.68. The topological polar surface area (TPSA) is 73.8 Å². The van der Waals surface area contributed by atoms with E-state index in [9.17, 15) is 4.79 Å². The third kappa shape index (κ3) is 4.57. The molecule has 7 rings (SSSR count). The SMILES string of the molecule is CN1CCC[C@H]1COc1nc2c(c(N3CCCC4(CC(=O)N4)C3)n1)CCN(c1cccc3cccc(Cl)c13)C2.